The first-order chi connectivity index (χ1) is 6.79. The molecule has 76 valence electrons. The van der Waals surface area contributed by atoms with Crippen LogP contribution >= 0.6 is 0 Å². The third-order valence-electron chi connectivity index (χ3n) is 1.58. The van der Waals surface area contributed by atoms with Gasteiger partial charge in [0.1, 0.15) is 5.69 Å². The fourth-order valence-corrected chi connectivity index (χ4v) is 0.987. The zero-order valence-electron chi connectivity index (χ0n) is 8.30. The minimum absolute atomic E-state index is 0.262. The van der Waals surface area contributed by atoms with Crippen LogP contribution in [-0.4, -0.2) is 34.1 Å². The highest BCUT2D eigenvalue weighted by molar-refractivity contribution is 5.91. The second-order valence-corrected chi connectivity index (χ2v) is 2.51. The summed E-state index contributed by atoms with van der Waals surface area (Å²) >= 11 is 0. The van der Waals surface area contributed by atoms with Crippen LogP contribution < -0.4 is 0 Å². The SMILES string of the molecule is CCON(CC)C(=O)c1cnccn1. The molecule has 1 heterocycles. The zero-order valence-corrected chi connectivity index (χ0v) is 8.30. The average Bonchev–Trinajstić information content (AvgIpc) is 2.26. The summed E-state index contributed by atoms with van der Waals surface area (Å²) in [6.45, 7) is 4.61. The van der Waals surface area contributed by atoms with Gasteiger partial charge in [0.15, 0.2) is 0 Å². The van der Waals surface area contributed by atoms with Crippen molar-refractivity contribution in [2.45, 2.75) is 13.8 Å². The Morgan fingerprint density at radius 1 is 1.50 bits per heavy atom. The normalized spacial score (nSPS) is 9.86. The molecule has 1 amide bonds. The maximum atomic E-state index is 11.7. The summed E-state index contributed by atoms with van der Waals surface area (Å²) in [5.41, 5.74) is 0.294. The fraction of sp³-hybridized carbons (Fsp3) is 0.444. The minimum Gasteiger partial charge on any atom is -0.271 e. The van der Waals surface area contributed by atoms with E-state index in [-0.39, 0.29) is 5.91 Å². The highest BCUT2D eigenvalue weighted by atomic mass is 16.7. The highest BCUT2D eigenvalue weighted by Gasteiger charge is 2.15. The van der Waals surface area contributed by atoms with Crippen LogP contribution in [0.5, 0.6) is 0 Å². The number of hydrogen-bond donors (Lipinski definition) is 0. The Morgan fingerprint density at radius 2 is 2.29 bits per heavy atom. The quantitative estimate of drug-likeness (QED) is 0.669. The van der Waals surface area contributed by atoms with Crippen LogP contribution in [0.1, 0.15) is 24.3 Å². The molecule has 1 rings (SSSR count). The van der Waals surface area contributed by atoms with E-state index in [0.29, 0.717) is 18.8 Å². The second kappa shape index (κ2) is 5.29. The number of aromatic nitrogens is 2. The summed E-state index contributed by atoms with van der Waals surface area (Å²) in [5.74, 6) is -0.262. The molecule has 14 heavy (non-hydrogen) atoms. The van der Waals surface area contributed by atoms with Crippen molar-refractivity contribution in [1.82, 2.24) is 15.0 Å². The number of hydroxylamine groups is 2. The molecular weight excluding hydrogens is 182 g/mol. The summed E-state index contributed by atoms with van der Waals surface area (Å²) in [7, 11) is 0. The van der Waals surface area contributed by atoms with Gasteiger partial charge in [-0.2, -0.15) is 0 Å². The molecule has 0 spiro atoms. The van der Waals surface area contributed by atoms with Crippen molar-refractivity contribution in [2.75, 3.05) is 13.2 Å². The molecule has 0 N–H and O–H groups in total. The topological polar surface area (TPSA) is 55.3 Å². The van der Waals surface area contributed by atoms with Crippen molar-refractivity contribution in [2.24, 2.45) is 0 Å². The molecule has 0 bridgehead atoms. The van der Waals surface area contributed by atoms with Gasteiger partial charge >= 0.3 is 0 Å². The number of nitrogens with zero attached hydrogens (tertiary/aromatic N) is 3. The minimum atomic E-state index is -0.262. The van der Waals surface area contributed by atoms with Crippen LogP contribution in [0.2, 0.25) is 0 Å². The van der Waals surface area contributed by atoms with E-state index in [1.807, 2.05) is 13.8 Å². The largest absolute Gasteiger partial charge is 0.297 e. The summed E-state index contributed by atoms with van der Waals surface area (Å²) in [5, 5.41) is 1.27. The van der Waals surface area contributed by atoms with Crippen LogP contribution in [0.15, 0.2) is 18.6 Å². The predicted octanol–water partition coefficient (Wildman–Crippen LogP) is 0.890. The molecule has 5 nitrogen and oxygen atoms in total. The van der Waals surface area contributed by atoms with E-state index in [4.69, 9.17) is 4.84 Å². The van der Waals surface area contributed by atoms with Gasteiger partial charge in [-0.15, -0.1) is 0 Å². The monoisotopic (exact) mass is 195 g/mol. The number of carbonyl (C=O) groups is 1. The lowest BCUT2D eigenvalue weighted by molar-refractivity contribution is -0.115. The Bertz CT molecular complexity index is 289. The van der Waals surface area contributed by atoms with Crippen molar-refractivity contribution in [3.8, 4) is 0 Å². The fourth-order valence-electron chi connectivity index (χ4n) is 0.987. The smallest absolute Gasteiger partial charge is 0.271 e. The lowest BCUT2D eigenvalue weighted by atomic mass is 10.4. The Balaban J connectivity index is 2.73. The van der Waals surface area contributed by atoms with Crippen molar-refractivity contribution >= 4 is 5.91 Å². The van der Waals surface area contributed by atoms with E-state index < -0.39 is 0 Å². The van der Waals surface area contributed by atoms with Crippen LogP contribution in [0.3, 0.4) is 0 Å². The standard InChI is InChI=1S/C9H13N3O2/c1-3-12(14-4-2)9(13)8-7-10-5-6-11-8/h5-7H,3-4H2,1-2H3. The van der Waals surface area contributed by atoms with Crippen molar-refractivity contribution in [3.05, 3.63) is 24.3 Å². The van der Waals surface area contributed by atoms with Crippen LogP contribution in [0.4, 0.5) is 0 Å². The lowest BCUT2D eigenvalue weighted by Crippen LogP contribution is -2.31. The molecule has 0 unspecified atom stereocenters. The van der Waals surface area contributed by atoms with Crippen LogP contribution in [0.25, 0.3) is 0 Å². The van der Waals surface area contributed by atoms with Crippen molar-refractivity contribution in [1.29, 1.82) is 0 Å². The van der Waals surface area contributed by atoms with Gasteiger partial charge in [0.2, 0.25) is 0 Å². The van der Waals surface area contributed by atoms with E-state index in [1.165, 1.54) is 23.7 Å². The van der Waals surface area contributed by atoms with Crippen LogP contribution in [0, 0.1) is 0 Å². The molecule has 0 saturated heterocycles. The average molecular weight is 195 g/mol. The Morgan fingerprint density at radius 3 is 2.79 bits per heavy atom. The first-order valence-electron chi connectivity index (χ1n) is 4.50. The first kappa shape index (κ1) is 10.6. The summed E-state index contributed by atoms with van der Waals surface area (Å²) in [6, 6.07) is 0. The number of amides is 1. The third kappa shape index (κ3) is 2.50. The lowest BCUT2D eigenvalue weighted by Gasteiger charge is -2.18. The van der Waals surface area contributed by atoms with Gasteiger partial charge in [-0.05, 0) is 13.8 Å². The van der Waals surface area contributed by atoms with Gasteiger partial charge in [0, 0.05) is 18.9 Å². The number of hydrogen-bond acceptors (Lipinski definition) is 4. The number of carbonyl (C=O) groups excluding carboxylic acids is 1. The number of rotatable bonds is 4. The van der Waals surface area contributed by atoms with E-state index in [1.54, 1.807) is 0 Å². The Kier molecular flexibility index (Phi) is 4.00. The van der Waals surface area contributed by atoms with E-state index in [0.717, 1.165) is 0 Å². The molecule has 0 atom stereocenters. The van der Waals surface area contributed by atoms with Gasteiger partial charge in [-0.3, -0.25) is 14.6 Å². The first-order valence-corrected chi connectivity index (χ1v) is 4.50. The highest BCUT2D eigenvalue weighted by Crippen LogP contribution is 2.00. The molecule has 0 radical (unpaired) electrons. The molecule has 0 aromatic carbocycles. The third-order valence-corrected chi connectivity index (χ3v) is 1.58. The van der Waals surface area contributed by atoms with Gasteiger partial charge in [-0.1, -0.05) is 0 Å². The van der Waals surface area contributed by atoms with Crippen molar-refractivity contribution in [3.63, 3.8) is 0 Å². The molecular formula is C9H13N3O2. The van der Waals surface area contributed by atoms with Gasteiger partial charge < -0.3 is 0 Å². The van der Waals surface area contributed by atoms with Gasteiger partial charge in [-0.25, -0.2) is 10.0 Å². The molecule has 1 aromatic heterocycles. The summed E-state index contributed by atoms with van der Waals surface area (Å²) < 4.78 is 0. The van der Waals surface area contributed by atoms with Crippen molar-refractivity contribution < 1.29 is 9.63 Å². The van der Waals surface area contributed by atoms with Gasteiger partial charge in [0.25, 0.3) is 5.91 Å². The van der Waals surface area contributed by atoms with E-state index in [2.05, 4.69) is 9.97 Å². The second-order valence-electron chi connectivity index (χ2n) is 2.51. The molecule has 0 saturated carbocycles. The molecule has 0 aliphatic heterocycles. The maximum absolute atomic E-state index is 11.7. The molecule has 0 fully saturated rings. The Hall–Kier alpha value is -1.49. The van der Waals surface area contributed by atoms with Crippen LogP contribution in [-0.2, 0) is 4.84 Å². The Labute approximate surface area is 82.7 Å². The molecule has 0 aliphatic rings. The van der Waals surface area contributed by atoms with E-state index >= 15 is 0 Å². The van der Waals surface area contributed by atoms with Gasteiger partial charge in [0.05, 0.1) is 12.8 Å². The zero-order chi connectivity index (χ0) is 10.4. The summed E-state index contributed by atoms with van der Waals surface area (Å²) in [6.07, 6.45) is 4.42. The predicted molar refractivity (Wildman–Crippen MR) is 50.4 cm³/mol. The molecule has 5 heteroatoms. The molecule has 1 aromatic rings. The summed E-state index contributed by atoms with van der Waals surface area (Å²) in [4.78, 5) is 24.5. The molecule has 0 aliphatic carbocycles. The maximum Gasteiger partial charge on any atom is 0.297 e. The van der Waals surface area contributed by atoms with E-state index in [9.17, 15) is 4.79 Å².